The predicted molar refractivity (Wildman–Crippen MR) is 47.6 cm³/mol. The molecule has 0 atom stereocenters. The van der Waals surface area contributed by atoms with Gasteiger partial charge in [-0.05, 0) is 19.1 Å². The van der Waals surface area contributed by atoms with Gasteiger partial charge < -0.3 is 4.42 Å². The summed E-state index contributed by atoms with van der Waals surface area (Å²) >= 11 is 0. The van der Waals surface area contributed by atoms with Crippen molar-refractivity contribution in [3.63, 3.8) is 0 Å². The molecule has 0 aliphatic heterocycles. The standard InChI is InChI=1S/C11H7F2O/c1-7-5-8(6-14-7)11-9(12)3-2-4-10(11)13/h2-4,6H,1H3. The minimum absolute atomic E-state index is 0.0932. The van der Waals surface area contributed by atoms with Crippen molar-refractivity contribution in [3.05, 3.63) is 47.9 Å². The molecule has 2 rings (SSSR count). The van der Waals surface area contributed by atoms with E-state index in [0.717, 1.165) is 0 Å². The van der Waals surface area contributed by atoms with Crippen LogP contribution in [0.4, 0.5) is 8.78 Å². The highest BCUT2D eigenvalue weighted by Gasteiger charge is 2.12. The van der Waals surface area contributed by atoms with Crippen LogP contribution in [-0.2, 0) is 0 Å². The fourth-order valence-electron chi connectivity index (χ4n) is 1.27. The summed E-state index contributed by atoms with van der Waals surface area (Å²) in [6.07, 6.45) is 1.29. The van der Waals surface area contributed by atoms with E-state index >= 15 is 0 Å². The van der Waals surface area contributed by atoms with Crippen molar-refractivity contribution >= 4 is 0 Å². The molecule has 0 aliphatic rings. The third-order valence-corrected chi connectivity index (χ3v) is 1.90. The van der Waals surface area contributed by atoms with Gasteiger partial charge in [-0.1, -0.05) is 6.07 Å². The van der Waals surface area contributed by atoms with E-state index in [1.54, 1.807) is 6.92 Å². The maximum absolute atomic E-state index is 13.2. The van der Waals surface area contributed by atoms with Crippen LogP contribution in [-0.4, -0.2) is 0 Å². The lowest BCUT2D eigenvalue weighted by atomic mass is 10.1. The van der Waals surface area contributed by atoms with Crippen molar-refractivity contribution in [2.75, 3.05) is 0 Å². The van der Waals surface area contributed by atoms with Crippen LogP contribution >= 0.6 is 0 Å². The van der Waals surface area contributed by atoms with Gasteiger partial charge in [0.2, 0.25) is 0 Å². The van der Waals surface area contributed by atoms with Gasteiger partial charge in [0.15, 0.2) is 0 Å². The molecule has 1 nitrogen and oxygen atoms in total. The first-order chi connectivity index (χ1) is 6.68. The van der Waals surface area contributed by atoms with Gasteiger partial charge >= 0.3 is 0 Å². The van der Waals surface area contributed by atoms with E-state index in [2.05, 4.69) is 6.07 Å². The van der Waals surface area contributed by atoms with E-state index in [9.17, 15) is 8.78 Å². The molecule has 1 heterocycles. The normalized spacial score (nSPS) is 10.5. The average molecular weight is 193 g/mol. The van der Waals surface area contributed by atoms with E-state index in [1.165, 1.54) is 24.5 Å². The lowest BCUT2D eigenvalue weighted by Gasteiger charge is -1.99. The fraction of sp³-hybridized carbons (Fsp3) is 0.0909. The van der Waals surface area contributed by atoms with Gasteiger partial charge in [0, 0.05) is 11.6 Å². The highest BCUT2D eigenvalue weighted by Crippen LogP contribution is 2.26. The highest BCUT2D eigenvalue weighted by molar-refractivity contribution is 5.63. The maximum Gasteiger partial charge on any atom is 0.134 e. The van der Waals surface area contributed by atoms with Crippen LogP contribution in [0.3, 0.4) is 0 Å². The maximum atomic E-state index is 13.2. The van der Waals surface area contributed by atoms with Gasteiger partial charge in [0.1, 0.15) is 17.4 Å². The van der Waals surface area contributed by atoms with E-state index in [-0.39, 0.29) is 5.56 Å². The number of aryl methyl sites for hydroxylation is 1. The molecule has 71 valence electrons. The minimum atomic E-state index is -0.609. The van der Waals surface area contributed by atoms with Crippen molar-refractivity contribution < 1.29 is 13.2 Å². The second-order valence-electron chi connectivity index (χ2n) is 2.93. The Balaban J connectivity index is 2.61. The molecular formula is C11H7F2O. The molecule has 0 bridgehead atoms. The molecule has 0 saturated heterocycles. The smallest absolute Gasteiger partial charge is 0.134 e. The second-order valence-corrected chi connectivity index (χ2v) is 2.93. The van der Waals surface area contributed by atoms with Crippen LogP contribution in [0.5, 0.6) is 0 Å². The van der Waals surface area contributed by atoms with Crippen molar-refractivity contribution in [2.24, 2.45) is 0 Å². The van der Waals surface area contributed by atoms with Crippen LogP contribution in [0.25, 0.3) is 11.1 Å². The molecular weight excluding hydrogens is 186 g/mol. The van der Waals surface area contributed by atoms with Gasteiger partial charge in [-0.2, -0.15) is 0 Å². The quantitative estimate of drug-likeness (QED) is 0.677. The summed E-state index contributed by atoms with van der Waals surface area (Å²) in [5, 5.41) is 0. The zero-order valence-corrected chi connectivity index (χ0v) is 7.47. The molecule has 0 saturated carbocycles. The van der Waals surface area contributed by atoms with E-state index < -0.39 is 11.6 Å². The monoisotopic (exact) mass is 193 g/mol. The van der Waals surface area contributed by atoms with Crippen molar-refractivity contribution in [2.45, 2.75) is 6.92 Å². The molecule has 0 unspecified atom stereocenters. The molecule has 0 N–H and O–H groups in total. The number of benzene rings is 1. The molecule has 2 aromatic rings. The number of furan rings is 1. The third-order valence-electron chi connectivity index (χ3n) is 1.90. The number of hydrogen-bond acceptors (Lipinski definition) is 1. The summed E-state index contributed by atoms with van der Waals surface area (Å²) < 4.78 is 31.4. The second kappa shape index (κ2) is 3.25. The average Bonchev–Trinajstić information content (AvgIpc) is 2.51. The Kier molecular flexibility index (Phi) is 2.08. The molecule has 1 aromatic carbocycles. The Labute approximate surface area is 80.0 Å². The molecule has 0 fully saturated rings. The summed E-state index contributed by atoms with van der Waals surface area (Å²) in [4.78, 5) is 0. The Morgan fingerprint density at radius 2 is 1.86 bits per heavy atom. The third kappa shape index (κ3) is 1.41. The van der Waals surface area contributed by atoms with Gasteiger partial charge in [-0.25, -0.2) is 8.78 Å². The van der Waals surface area contributed by atoms with Gasteiger partial charge in [0.05, 0.1) is 11.8 Å². The number of rotatable bonds is 1. The number of halogens is 2. The fourth-order valence-corrected chi connectivity index (χ4v) is 1.27. The molecule has 14 heavy (non-hydrogen) atoms. The molecule has 1 aromatic heterocycles. The zero-order valence-electron chi connectivity index (χ0n) is 7.47. The lowest BCUT2D eigenvalue weighted by molar-refractivity contribution is 0.533. The molecule has 0 spiro atoms. The summed E-state index contributed by atoms with van der Waals surface area (Å²) in [5.41, 5.74) is 0.211. The molecule has 0 aliphatic carbocycles. The molecule has 0 amide bonds. The first-order valence-electron chi connectivity index (χ1n) is 4.10. The Hall–Kier alpha value is -1.64. The number of hydrogen-bond donors (Lipinski definition) is 0. The lowest BCUT2D eigenvalue weighted by Crippen LogP contribution is -1.87. The van der Waals surface area contributed by atoms with Crippen LogP contribution < -0.4 is 0 Å². The topological polar surface area (TPSA) is 13.1 Å². The first-order valence-corrected chi connectivity index (χ1v) is 4.10. The largest absolute Gasteiger partial charge is 0.468 e. The van der Waals surface area contributed by atoms with Crippen LogP contribution in [0.2, 0.25) is 0 Å². The van der Waals surface area contributed by atoms with Gasteiger partial charge in [-0.3, -0.25) is 0 Å². The Morgan fingerprint density at radius 1 is 1.21 bits per heavy atom. The van der Waals surface area contributed by atoms with Gasteiger partial charge in [-0.15, -0.1) is 0 Å². The predicted octanol–water partition coefficient (Wildman–Crippen LogP) is 3.33. The summed E-state index contributed by atoms with van der Waals surface area (Å²) in [6.45, 7) is 1.67. The Morgan fingerprint density at radius 3 is 2.36 bits per heavy atom. The first kappa shape index (κ1) is 8.94. The highest BCUT2D eigenvalue weighted by atomic mass is 19.1. The van der Waals surface area contributed by atoms with Gasteiger partial charge in [0.25, 0.3) is 0 Å². The summed E-state index contributed by atoms with van der Waals surface area (Å²) in [7, 11) is 0. The Bertz CT molecular complexity index is 440. The van der Waals surface area contributed by atoms with Crippen LogP contribution in [0.1, 0.15) is 5.76 Å². The minimum Gasteiger partial charge on any atom is -0.468 e. The van der Waals surface area contributed by atoms with E-state index in [1.807, 2.05) is 0 Å². The zero-order chi connectivity index (χ0) is 10.1. The molecule has 3 heteroatoms. The van der Waals surface area contributed by atoms with Crippen molar-refractivity contribution in [1.29, 1.82) is 0 Å². The van der Waals surface area contributed by atoms with E-state index in [0.29, 0.717) is 11.3 Å². The van der Waals surface area contributed by atoms with Crippen molar-refractivity contribution in [3.8, 4) is 11.1 Å². The summed E-state index contributed by atoms with van der Waals surface area (Å²) in [5.74, 6) is -0.716. The SMILES string of the molecule is Cc1[c]c(-c2c(F)cccc2F)co1. The summed E-state index contributed by atoms with van der Waals surface area (Å²) in [6, 6.07) is 6.45. The van der Waals surface area contributed by atoms with Crippen molar-refractivity contribution in [1.82, 2.24) is 0 Å². The van der Waals surface area contributed by atoms with E-state index in [4.69, 9.17) is 4.42 Å². The van der Waals surface area contributed by atoms with Crippen LogP contribution in [0.15, 0.2) is 28.9 Å². The van der Waals surface area contributed by atoms with Crippen LogP contribution in [0, 0.1) is 24.6 Å². The molecule has 1 radical (unpaired) electrons.